The minimum Gasteiger partial charge on any atom is -0.478 e. The van der Waals surface area contributed by atoms with E-state index in [1.54, 1.807) is 0 Å². The largest absolute Gasteiger partial charge is 0.478 e. The summed E-state index contributed by atoms with van der Waals surface area (Å²) in [5.74, 6) is -14.9. The first-order chi connectivity index (χ1) is 21.8. The monoisotopic (exact) mass is 726 g/mol. The minimum absolute atomic E-state index is 0.684. The summed E-state index contributed by atoms with van der Waals surface area (Å²) in [6.07, 6.45) is 0. The molecule has 0 radical (unpaired) electrons. The fourth-order valence-electron chi connectivity index (χ4n) is 4.81. The van der Waals surface area contributed by atoms with E-state index in [0.29, 0.717) is 24.3 Å². The molecule has 4 aromatic rings. The van der Waals surface area contributed by atoms with Gasteiger partial charge in [0.1, 0.15) is 0 Å². The second-order valence-electron chi connectivity index (χ2n) is 9.09. The highest BCUT2D eigenvalue weighted by Crippen LogP contribution is 2.43. The van der Waals surface area contributed by atoms with Crippen LogP contribution in [-0.2, 0) is 4.74 Å². The van der Waals surface area contributed by atoms with E-state index in [2.05, 4.69) is 0 Å². The Bertz CT molecular complexity index is 2070. The number of halogens is 4. The van der Waals surface area contributed by atoms with Crippen LogP contribution in [-0.4, -0.2) is 78.4 Å². The van der Waals surface area contributed by atoms with Gasteiger partial charge in [0.15, 0.2) is 0 Å². The molecule has 0 aliphatic heterocycles. The second kappa shape index (κ2) is 12.4. The Morgan fingerprint density at radius 3 is 0.809 bits per heavy atom. The zero-order valence-corrected chi connectivity index (χ0v) is 25.2. The van der Waals surface area contributed by atoms with Crippen molar-refractivity contribution >= 4 is 116 Å². The number of benzene rings is 4. The number of hydrogen-bond donors (Lipinski definition) is 6. The van der Waals surface area contributed by atoms with Crippen molar-refractivity contribution in [3.8, 4) is 0 Å². The highest BCUT2D eigenvalue weighted by atomic mass is 35.5. The lowest BCUT2D eigenvalue weighted by Gasteiger charge is -2.18. The predicted molar refractivity (Wildman–Crippen MR) is 159 cm³/mol. The van der Waals surface area contributed by atoms with Crippen LogP contribution < -0.4 is 0 Å². The Hall–Kier alpha value is -5.48. The summed E-state index contributed by atoms with van der Waals surface area (Å²) < 4.78 is 4.84. The topological polar surface area (TPSA) is 267 Å². The van der Waals surface area contributed by atoms with E-state index >= 15 is 0 Å². The lowest BCUT2D eigenvalue weighted by atomic mass is 9.90. The highest BCUT2D eigenvalue weighted by molar-refractivity contribution is 6.50. The number of esters is 2. The number of carbonyl (C=O) groups is 8. The Balaban J connectivity index is 2.13. The molecule has 0 amide bonds. The van der Waals surface area contributed by atoms with Crippen LogP contribution in [0.15, 0.2) is 24.3 Å². The standard InChI is InChI=1S/C28H10Cl4O15/c29-17-13(25(41)42)9-5(21(33)34)1-3-7(23(37)38)11(9)15(19(17)31)27(45)47-28(46)16-12-8(24(39)40)4-2-6(22(35)36)10(12)14(26(43)44)18(30)20(16)32/h1-4H,(H,33,34)(H,35,36)(H,37,38)(H,39,40)(H,41,42)(H,43,44). The van der Waals surface area contributed by atoms with Crippen LogP contribution >= 0.6 is 46.4 Å². The third-order valence-electron chi connectivity index (χ3n) is 6.62. The first-order valence-corrected chi connectivity index (χ1v) is 13.5. The molecule has 0 heterocycles. The van der Waals surface area contributed by atoms with Crippen LogP contribution in [0.25, 0.3) is 21.5 Å². The van der Waals surface area contributed by atoms with E-state index in [1.165, 1.54) is 0 Å². The molecule has 0 spiro atoms. The average Bonchev–Trinajstić information content (AvgIpc) is 2.96. The number of carboxylic acids is 6. The van der Waals surface area contributed by atoms with E-state index < -0.39 is 134 Å². The van der Waals surface area contributed by atoms with Crippen LogP contribution in [0.2, 0.25) is 20.1 Å². The molecular formula is C28H10Cl4O15. The molecule has 0 aliphatic carbocycles. The third kappa shape index (κ3) is 5.50. The van der Waals surface area contributed by atoms with Gasteiger partial charge in [-0.3, -0.25) is 0 Å². The zero-order valence-electron chi connectivity index (χ0n) is 22.2. The molecule has 0 saturated heterocycles. The summed E-state index contributed by atoms with van der Waals surface area (Å²) >= 11 is 24.5. The number of ether oxygens (including phenoxy) is 1. The number of fused-ring (bicyclic) bond motifs is 2. The molecule has 240 valence electrons. The lowest BCUT2D eigenvalue weighted by Crippen LogP contribution is -2.19. The van der Waals surface area contributed by atoms with Crippen LogP contribution in [0.4, 0.5) is 0 Å². The van der Waals surface area contributed by atoms with Crippen LogP contribution in [0.3, 0.4) is 0 Å². The molecule has 0 fully saturated rings. The maximum Gasteiger partial charge on any atom is 0.348 e. The SMILES string of the molecule is O=C(O)c1ccc(C(=O)O)c2c(C(=O)OC(=O)c3c(Cl)c(Cl)c(C(=O)O)c4c(C(=O)O)ccc(C(=O)O)c34)c(Cl)c(Cl)c(C(=O)O)c12. The van der Waals surface area contributed by atoms with Gasteiger partial charge in [0.05, 0.1) is 64.6 Å². The number of carboxylic acid groups (broad SMARTS) is 6. The van der Waals surface area contributed by atoms with E-state index in [9.17, 15) is 69.0 Å². The van der Waals surface area contributed by atoms with Gasteiger partial charge in [-0.15, -0.1) is 0 Å². The fraction of sp³-hybridized carbons (Fsp3) is 0. The number of rotatable bonds is 8. The fourth-order valence-corrected chi connectivity index (χ4v) is 5.88. The number of aromatic carboxylic acids is 6. The van der Waals surface area contributed by atoms with Crippen molar-refractivity contribution in [3.63, 3.8) is 0 Å². The first kappa shape index (κ1) is 34.4. The Kier molecular flexibility index (Phi) is 9.05. The van der Waals surface area contributed by atoms with E-state index in [1.807, 2.05) is 0 Å². The van der Waals surface area contributed by atoms with Crippen molar-refractivity contribution in [2.24, 2.45) is 0 Å². The second-order valence-corrected chi connectivity index (χ2v) is 10.6. The first-order valence-electron chi connectivity index (χ1n) is 12.0. The molecule has 0 aromatic heterocycles. The summed E-state index contributed by atoms with van der Waals surface area (Å²) in [6, 6.07) is 2.78. The van der Waals surface area contributed by atoms with Gasteiger partial charge < -0.3 is 35.4 Å². The van der Waals surface area contributed by atoms with Gasteiger partial charge in [-0.1, -0.05) is 46.4 Å². The average molecular weight is 728 g/mol. The minimum atomic E-state index is -1.91. The normalized spacial score (nSPS) is 10.9. The zero-order chi connectivity index (χ0) is 35.4. The van der Waals surface area contributed by atoms with Crippen molar-refractivity contribution in [1.29, 1.82) is 0 Å². The number of hydrogen-bond acceptors (Lipinski definition) is 9. The third-order valence-corrected chi connectivity index (χ3v) is 8.32. The molecule has 6 N–H and O–H groups in total. The predicted octanol–water partition coefficient (Wildman–Crippen LogP) is 5.79. The van der Waals surface area contributed by atoms with Crippen molar-refractivity contribution in [2.45, 2.75) is 0 Å². The molecule has 0 saturated carbocycles. The van der Waals surface area contributed by atoms with E-state index in [4.69, 9.17) is 51.1 Å². The maximum atomic E-state index is 13.6. The van der Waals surface area contributed by atoms with Crippen molar-refractivity contribution in [3.05, 3.63) is 88.9 Å². The molecule has 0 atom stereocenters. The van der Waals surface area contributed by atoms with Gasteiger partial charge in [-0.05, 0) is 24.3 Å². The molecule has 19 heteroatoms. The van der Waals surface area contributed by atoms with Crippen molar-refractivity contribution in [2.75, 3.05) is 0 Å². The summed E-state index contributed by atoms with van der Waals surface area (Å²) in [4.78, 5) is 99.7. The van der Waals surface area contributed by atoms with Crippen LogP contribution in [0.5, 0.6) is 0 Å². The summed E-state index contributed by atoms with van der Waals surface area (Å²) in [5.41, 5.74) is -7.87. The molecule has 0 unspecified atom stereocenters. The Morgan fingerprint density at radius 1 is 0.383 bits per heavy atom. The maximum absolute atomic E-state index is 13.6. The number of carbonyl (C=O) groups excluding carboxylic acids is 2. The quantitative estimate of drug-likeness (QED) is 0.0925. The lowest BCUT2D eigenvalue weighted by molar-refractivity contribution is 0.0397. The molecule has 0 aliphatic rings. The van der Waals surface area contributed by atoms with Gasteiger partial charge in [-0.25, -0.2) is 38.4 Å². The summed E-state index contributed by atoms with van der Waals surface area (Å²) in [7, 11) is 0. The molecule has 4 rings (SSSR count). The van der Waals surface area contributed by atoms with Gasteiger partial charge in [0.25, 0.3) is 0 Å². The van der Waals surface area contributed by atoms with E-state index in [-0.39, 0.29) is 0 Å². The van der Waals surface area contributed by atoms with Gasteiger partial charge in [-0.2, -0.15) is 0 Å². The van der Waals surface area contributed by atoms with Crippen LogP contribution in [0.1, 0.15) is 82.9 Å². The van der Waals surface area contributed by atoms with Crippen LogP contribution in [0, 0.1) is 0 Å². The van der Waals surface area contributed by atoms with E-state index in [0.717, 1.165) is 0 Å². The molecule has 0 bridgehead atoms. The molecule has 47 heavy (non-hydrogen) atoms. The molecular weight excluding hydrogens is 718 g/mol. The summed E-state index contributed by atoms with van der Waals surface area (Å²) in [6.45, 7) is 0. The smallest absolute Gasteiger partial charge is 0.348 e. The van der Waals surface area contributed by atoms with Gasteiger partial charge in [0.2, 0.25) is 0 Å². The summed E-state index contributed by atoms with van der Waals surface area (Å²) in [5, 5.41) is 50.9. The Morgan fingerprint density at radius 2 is 0.596 bits per heavy atom. The van der Waals surface area contributed by atoms with Crippen molar-refractivity contribution < 1.29 is 73.7 Å². The van der Waals surface area contributed by atoms with Gasteiger partial charge in [0, 0.05) is 21.5 Å². The van der Waals surface area contributed by atoms with Crippen molar-refractivity contribution in [1.82, 2.24) is 0 Å². The highest BCUT2D eigenvalue weighted by Gasteiger charge is 2.36. The molecule has 4 aromatic carbocycles. The van der Waals surface area contributed by atoms with Gasteiger partial charge >= 0.3 is 47.8 Å². The Labute approximate surface area is 277 Å². The molecule has 15 nitrogen and oxygen atoms in total.